The minimum atomic E-state index is 0.0772. The Balaban J connectivity index is 1.85. The van der Waals surface area contributed by atoms with Crippen molar-refractivity contribution in [2.45, 2.75) is 51.7 Å². The lowest BCUT2D eigenvalue weighted by molar-refractivity contribution is -0.120. The zero-order valence-corrected chi connectivity index (χ0v) is 13.0. The zero-order valence-electron chi connectivity index (χ0n) is 13.0. The highest BCUT2D eigenvalue weighted by Gasteiger charge is 2.20. The van der Waals surface area contributed by atoms with E-state index < -0.39 is 0 Å². The quantitative estimate of drug-likeness (QED) is 0.847. The number of anilines is 1. The minimum absolute atomic E-state index is 0.0772. The predicted octanol–water partition coefficient (Wildman–Crippen LogP) is 2.73. The Bertz CT molecular complexity index is 445. The molecular formula is C17H26N2O2. The highest BCUT2D eigenvalue weighted by molar-refractivity contribution is 5.78. The maximum atomic E-state index is 11.5. The Morgan fingerprint density at radius 2 is 2.05 bits per heavy atom. The monoisotopic (exact) mass is 290 g/mol. The summed E-state index contributed by atoms with van der Waals surface area (Å²) in [4.78, 5) is 11.5. The molecule has 2 N–H and O–H groups in total. The van der Waals surface area contributed by atoms with Crippen LogP contribution in [-0.2, 0) is 16.0 Å². The lowest BCUT2D eigenvalue weighted by atomic mass is 10.0. The molecule has 0 aromatic heterocycles. The SMILES string of the molecule is CCNC(=O)Cc1ccc(NC2CCOC(CC)C2)cc1. The van der Waals surface area contributed by atoms with Crippen molar-refractivity contribution in [1.29, 1.82) is 0 Å². The second-order valence-electron chi connectivity index (χ2n) is 5.59. The van der Waals surface area contributed by atoms with Crippen molar-refractivity contribution < 1.29 is 9.53 Å². The van der Waals surface area contributed by atoms with Crippen molar-refractivity contribution in [3.8, 4) is 0 Å². The smallest absolute Gasteiger partial charge is 0.224 e. The Morgan fingerprint density at radius 1 is 1.29 bits per heavy atom. The molecule has 0 aliphatic carbocycles. The molecule has 1 amide bonds. The number of hydrogen-bond donors (Lipinski definition) is 2. The summed E-state index contributed by atoms with van der Waals surface area (Å²) in [6.45, 7) is 5.62. The molecule has 1 aliphatic heterocycles. The number of ether oxygens (including phenoxy) is 1. The van der Waals surface area contributed by atoms with Gasteiger partial charge in [0.2, 0.25) is 5.91 Å². The van der Waals surface area contributed by atoms with Crippen molar-refractivity contribution in [3.63, 3.8) is 0 Å². The Morgan fingerprint density at radius 3 is 2.71 bits per heavy atom. The van der Waals surface area contributed by atoms with Crippen LogP contribution in [0, 0.1) is 0 Å². The van der Waals surface area contributed by atoms with Crippen LogP contribution in [0.3, 0.4) is 0 Å². The zero-order chi connectivity index (χ0) is 15.1. The molecule has 4 nitrogen and oxygen atoms in total. The molecule has 2 unspecified atom stereocenters. The van der Waals surface area contributed by atoms with E-state index in [4.69, 9.17) is 4.74 Å². The van der Waals surface area contributed by atoms with E-state index in [9.17, 15) is 4.79 Å². The highest BCUT2D eigenvalue weighted by Crippen LogP contribution is 2.20. The van der Waals surface area contributed by atoms with E-state index in [1.165, 1.54) is 0 Å². The normalized spacial score (nSPS) is 21.8. The van der Waals surface area contributed by atoms with Gasteiger partial charge >= 0.3 is 0 Å². The summed E-state index contributed by atoms with van der Waals surface area (Å²) in [7, 11) is 0. The van der Waals surface area contributed by atoms with Gasteiger partial charge in [-0.3, -0.25) is 4.79 Å². The third-order valence-electron chi connectivity index (χ3n) is 3.89. The van der Waals surface area contributed by atoms with E-state index in [-0.39, 0.29) is 5.91 Å². The molecule has 0 saturated carbocycles. The number of carbonyl (C=O) groups excluding carboxylic acids is 1. The maximum Gasteiger partial charge on any atom is 0.224 e. The molecule has 2 atom stereocenters. The summed E-state index contributed by atoms with van der Waals surface area (Å²) in [6.07, 6.45) is 4.02. The Kier molecular flexibility index (Phi) is 6.05. The number of rotatable bonds is 6. The number of nitrogens with one attached hydrogen (secondary N) is 2. The number of hydrogen-bond acceptors (Lipinski definition) is 3. The first-order valence-electron chi connectivity index (χ1n) is 7.95. The van der Waals surface area contributed by atoms with Gasteiger partial charge in [-0.05, 0) is 43.9 Å². The van der Waals surface area contributed by atoms with Crippen LogP contribution >= 0.6 is 0 Å². The standard InChI is InChI=1S/C17H26N2O2/c1-3-16-12-15(9-10-21-16)19-14-7-5-13(6-8-14)11-17(20)18-4-2/h5-8,15-16,19H,3-4,9-12H2,1-2H3,(H,18,20). The van der Waals surface area contributed by atoms with E-state index in [1.54, 1.807) is 0 Å². The van der Waals surface area contributed by atoms with Gasteiger partial charge < -0.3 is 15.4 Å². The largest absolute Gasteiger partial charge is 0.382 e. The number of benzene rings is 1. The van der Waals surface area contributed by atoms with Crippen LogP contribution in [-0.4, -0.2) is 31.2 Å². The molecule has 116 valence electrons. The lowest BCUT2D eigenvalue weighted by Gasteiger charge is -2.30. The van der Waals surface area contributed by atoms with Crippen LogP contribution in [0.1, 0.15) is 38.7 Å². The van der Waals surface area contributed by atoms with Crippen molar-refractivity contribution >= 4 is 11.6 Å². The average molecular weight is 290 g/mol. The summed E-state index contributed by atoms with van der Waals surface area (Å²) >= 11 is 0. The van der Waals surface area contributed by atoms with Crippen LogP contribution in [0.15, 0.2) is 24.3 Å². The average Bonchev–Trinajstić information content (AvgIpc) is 2.50. The minimum Gasteiger partial charge on any atom is -0.382 e. The molecule has 1 heterocycles. The molecule has 1 fully saturated rings. The van der Waals surface area contributed by atoms with E-state index in [2.05, 4.69) is 29.7 Å². The fourth-order valence-electron chi connectivity index (χ4n) is 2.70. The second-order valence-corrected chi connectivity index (χ2v) is 5.59. The summed E-state index contributed by atoms with van der Waals surface area (Å²) in [5, 5.41) is 6.39. The van der Waals surface area contributed by atoms with E-state index in [0.717, 1.165) is 37.1 Å². The van der Waals surface area contributed by atoms with E-state index in [0.29, 0.717) is 25.1 Å². The van der Waals surface area contributed by atoms with Crippen molar-refractivity contribution in [1.82, 2.24) is 5.32 Å². The van der Waals surface area contributed by atoms with E-state index in [1.807, 2.05) is 19.1 Å². The molecular weight excluding hydrogens is 264 g/mol. The van der Waals surface area contributed by atoms with Gasteiger partial charge in [-0.2, -0.15) is 0 Å². The van der Waals surface area contributed by atoms with Gasteiger partial charge in [0, 0.05) is 24.9 Å². The van der Waals surface area contributed by atoms with Crippen LogP contribution in [0.5, 0.6) is 0 Å². The van der Waals surface area contributed by atoms with Crippen LogP contribution in [0.25, 0.3) is 0 Å². The van der Waals surface area contributed by atoms with Gasteiger partial charge in [-0.1, -0.05) is 19.1 Å². The third kappa shape index (κ3) is 5.05. The first-order chi connectivity index (χ1) is 10.2. The van der Waals surface area contributed by atoms with Gasteiger partial charge in [0.1, 0.15) is 0 Å². The van der Waals surface area contributed by atoms with Gasteiger partial charge in [0.25, 0.3) is 0 Å². The van der Waals surface area contributed by atoms with Crippen LogP contribution < -0.4 is 10.6 Å². The van der Waals surface area contributed by atoms with Crippen molar-refractivity contribution in [3.05, 3.63) is 29.8 Å². The van der Waals surface area contributed by atoms with E-state index >= 15 is 0 Å². The molecule has 2 rings (SSSR count). The van der Waals surface area contributed by atoms with Gasteiger partial charge in [-0.25, -0.2) is 0 Å². The summed E-state index contributed by atoms with van der Waals surface area (Å²) in [5.74, 6) is 0.0772. The van der Waals surface area contributed by atoms with Gasteiger partial charge in [-0.15, -0.1) is 0 Å². The summed E-state index contributed by atoms with van der Waals surface area (Å²) in [5.41, 5.74) is 2.17. The van der Waals surface area contributed by atoms with Crippen molar-refractivity contribution in [2.24, 2.45) is 0 Å². The van der Waals surface area contributed by atoms with Crippen LogP contribution in [0.4, 0.5) is 5.69 Å². The van der Waals surface area contributed by atoms with Crippen molar-refractivity contribution in [2.75, 3.05) is 18.5 Å². The second kappa shape index (κ2) is 8.03. The van der Waals surface area contributed by atoms with Gasteiger partial charge in [0.05, 0.1) is 12.5 Å². The topological polar surface area (TPSA) is 50.4 Å². The summed E-state index contributed by atoms with van der Waals surface area (Å²) in [6, 6.07) is 8.65. The lowest BCUT2D eigenvalue weighted by Crippen LogP contribution is -2.33. The molecule has 0 radical (unpaired) electrons. The highest BCUT2D eigenvalue weighted by atomic mass is 16.5. The predicted molar refractivity (Wildman–Crippen MR) is 85.5 cm³/mol. The Labute approximate surface area is 127 Å². The molecule has 0 spiro atoms. The first-order valence-corrected chi connectivity index (χ1v) is 7.95. The fraction of sp³-hybridized carbons (Fsp3) is 0.588. The molecule has 21 heavy (non-hydrogen) atoms. The molecule has 1 aromatic carbocycles. The fourth-order valence-corrected chi connectivity index (χ4v) is 2.70. The molecule has 1 saturated heterocycles. The third-order valence-corrected chi connectivity index (χ3v) is 3.89. The molecule has 0 bridgehead atoms. The Hall–Kier alpha value is -1.55. The summed E-state index contributed by atoms with van der Waals surface area (Å²) < 4.78 is 5.70. The molecule has 4 heteroatoms. The first kappa shape index (κ1) is 15.8. The number of amides is 1. The van der Waals surface area contributed by atoms with Gasteiger partial charge in [0.15, 0.2) is 0 Å². The van der Waals surface area contributed by atoms with Crippen LogP contribution in [0.2, 0.25) is 0 Å². The maximum absolute atomic E-state index is 11.5. The molecule has 1 aliphatic rings. The molecule has 1 aromatic rings. The number of carbonyl (C=O) groups is 1. The number of likely N-dealkylation sites (N-methyl/N-ethyl adjacent to an activating group) is 1.